The first kappa shape index (κ1) is 18.2. The van der Waals surface area contributed by atoms with Crippen molar-refractivity contribution in [2.24, 2.45) is 0 Å². The number of benzene rings is 2. The summed E-state index contributed by atoms with van der Waals surface area (Å²) in [4.78, 5) is 25.9. The Hall–Kier alpha value is -2.60. The molecule has 2 aromatic rings. The molecule has 1 aliphatic rings. The van der Waals surface area contributed by atoms with Crippen molar-refractivity contribution in [2.75, 3.05) is 20.8 Å². The fourth-order valence-electron chi connectivity index (χ4n) is 3.48. The first-order chi connectivity index (χ1) is 12.4. The van der Waals surface area contributed by atoms with Gasteiger partial charge in [-0.3, -0.25) is 4.79 Å². The molecule has 6 heteroatoms. The van der Waals surface area contributed by atoms with E-state index in [-0.39, 0.29) is 12.0 Å². The second-order valence-electron chi connectivity index (χ2n) is 6.63. The number of carboxylic acids is 1. The fourth-order valence-corrected chi connectivity index (χ4v) is 3.48. The summed E-state index contributed by atoms with van der Waals surface area (Å²) in [6.45, 7) is 2.12. The van der Waals surface area contributed by atoms with E-state index in [0.717, 1.165) is 22.1 Å². The van der Waals surface area contributed by atoms with Gasteiger partial charge in [0.1, 0.15) is 11.8 Å². The number of carboxylic acid groups (broad SMARTS) is 1. The highest BCUT2D eigenvalue weighted by Gasteiger charge is 2.41. The smallest absolute Gasteiger partial charge is 0.326 e. The number of carbonyl (C=O) groups is 2. The molecule has 3 atom stereocenters. The third kappa shape index (κ3) is 3.37. The average molecular weight is 357 g/mol. The molecule has 26 heavy (non-hydrogen) atoms. The molecule has 1 saturated heterocycles. The second-order valence-corrected chi connectivity index (χ2v) is 6.63. The molecule has 0 spiro atoms. The van der Waals surface area contributed by atoms with Crippen molar-refractivity contribution in [3.05, 3.63) is 42.0 Å². The van der Waals surface area contributed by atoms with Crippen molar-refractivity contribution in [3.63, 3.8) is 0 Å². The highest BCUT2D eigenvalue weighted by Crippen LogP contribution is 2.29. The second kappa shape index (κ2) is 7.33. The van der Waals surface area contributed by atoms with E-state index in [2.05, 4.69) is 0 Å². The normalized spacial score (nSPS) is 21.0. The number of likely N-dealkylation sites (tertiary alicyclic amines) is 1. The summed E-state index contributed by atoms with van der Waals surface area (Å²) in [6.07, 6.45) is 0.0817. The number of rotatable bonds is 5. The molecule has 0 radical (unpaired) electrons. The lowest BCUT2D eigenvalue weighted by molar-refractivity contribution is -0.148. The van der Waals surface area contributed by atoms with Crippen molar-refractivity contribution in [2.45, 2.75) is 31.4 Å². The van der Waals surface area contributed by atoms with Crippen molar-refractivity contribution < 1.29 is 24.2 Å². The number of fused-ring (bicyclic) bond motifs is 1. The molecule has 1 amide bonds. The standard InChI is InChI=1S/C20H23NO5/c1-12(19(22)21-11-17(26-3)10-18(21)20(23)24)13-4-5-15-9-16(25-2)7-6-14(15)8-13/h4-9,12,17-18H,10-11H2,1-3H3,(H,23,24). The van der Waals surface area contributed by atoms with Gasteiger partial charge in [-0.05, 0) is 35.4 Å². The zero-order valence-corrected chi connectivity index (χ0v) is 15.1. The van der Waals surface area contributed by atoms with Crippen LogP contribution >= 0.6 is 0 Å². The molecule has 138 valence electrons. The lowest BCUT2D eigenvalue weighted by atomic mass is 9.96. The van der Waals surface area contributed by atoms with Crippen LogP contribution in [0, 0.1) is 0 Å². The van der Waals surface area contributed by atoms with Gasteiger partial charge in [0.25, 0.3) is 0 Å². The van der Waals surface area contributed by atoms with Crippen LogP contribution in [-0.2, 0) is 14.3 Å². The van der Waals surface area contributed by atoms with Crippen molar-refractivity contribution in [1.29, 1.82) is 0 Å². The third-order valence-corrected chi connectivity index (χ3v) is 5.11. The molecule has 0 saturated carbocycles. The number of nitrogens with zero attached hydrogens (tertiary/aromatic N) is 1. The maximum Gasteiger partial charge on any atom is 0.326 e. The van der Waals surface area contributed by atoms with Crippen molar-refractivity contribution in [1.82, 2.24) is 4.90 Å². The first-order valence-electron chi connectivity index (χ1n) is 8.58. The summed E-state index contributed by atoms with van der Waals surface area (Å²) in [7, 11) is 3.16. The molecular formula is C20H23NO5. The molecule has 1 heterocycles. The molecule has 0 aliphatic carbocycles. The minimum Gasteiger partial charge on any atom is -0.497 e. The fraction of sp³-hybridized carbons (Fsp3) is 0.400. The highest BCUT2D eigenvalue weighted by molar-refractivity contribution is 5.91. The molecule has 1 N–H and O–H groups in total. The van der Waals surface area contributed by atoms with Gasteiger partial charge < -0.3 is 19.5 Å². The summed E-state index contributed by atoms with van der Waals surface area (Å²) in [5, 5.41) is 11.5. The van der Waals surface area contributed by atoms with E-state index in [1.54, 1.807) is 14.2 Å². The summed E-state index contributed by atoms with van der Waals surface area (Å²) >= 11 is 0. The Labute approximate surface area is 152 Å². The molecule has 1 fully saturated rings. The van der Waals surface area contributed by atoms with Gasteiger partial charge >= 0.3 is 5.97 Å². The highest BCUT2D eigenvalue weighted by atomic mass is 16.5. The van der Waals surface area contributed by atoms with Crippen LogP contribution in [0.5, 0.6) is 5.75 Å². The molecule has 1 aliphatic heterocycles. The lowest BCUT2D eigenvalue weighted by Crippen LogP contribution is -2.42. The van der Waals surface area contributed by atoms with Gasteiger partial charge in [0, 0.05) is 20.1 Å². The topological polar surface area (TPSA) is 76.1 Å². The predicted octanol–water partition coefficient (Wildman–Crippen LogP) is 2.65. The lowest BCUT2D eigenvalue weighted by Gasteiger charge is -2.25. The number of ether oxygens (including phenoxy) is 2. The summed E-state index contributed by atoms with van der Waals surface area (Å²) in [5.74, 6) is -0.833. The Morgan fingerprint density at radius 2 is 1.85 bits per heavy atom. The van der Waals surface area contributed by atoms with E-state index < -0.39 is 17.9 Å². The van der Waals surface area contributed by atoms with Crippen LogP contribution in [0.3, 0.4) is 0 Å². The Bertz CT molecular complexity index is 834. The largest absolute Gasteiger partial charge is 0.497 e. The zero-order chi connectivity index (χ0) is 18.8. The molecule has 3 rings (SSSR count). The van der Waals surface area contributed by atoms with Gasteiger partial charge in [-0.15, -0.1) is 0 Å². The summed E-state index contributed by atoms with van der Waals surface area (Å²) in [6, 6.07) is 10.8. The quantitative estimate of drug-likeness (QED) is 0.890. The maximum atomic E-state index is 12.9. The van der Waals surface area contributed by atoms with Gasteiger partial charge in [0.2, 0.25) is 5.91 Å². The van der Waals surface area contributed by atoms with Gasteiger partial charge in [0.05, 0.1) is 19.1 Å². The molecule has 2 aromatic carbocycles. The van der Waals surface area contributed by atoms with E-state index in [1.807, 2.05) is 43.3 Å². The van der Waals surface area contributed by atoms with E-state index >= 15 is 0 Å². The zero-order valence-electron chi connectivity index (χ0n) is 15.1. The van der Waals surface area contributed by atoms with Gasteiger partial charge in [-0.2, -0.15) is 0 Å². The van der Waals surface area contributed by atoms with Crippen LogP contribution in [0.2, 0.25) is 0 Å². The Balaban J connectivity index is 1.85. The Morgan fingerprint density at radius 1 is 1.15 bits per heavy atom. The number of aliphatic carboxylic acids is 1. The van der Waals surface area contributed by atoms with Crippen LogP contribution in [-0.4, -0.2) is 54.8 Å². The number of hydrogen-bond acceptors (Lipinski definition) is 4. The van der Waals surface area contributed by atoms with Gasteiger partial charge in [-0.25, -0.2) is 4.79 Å². The Kier molecular flexibility index (Phi) is 5.13. The minimum atomic E-state index is -0.990. The first-order valence-corrected chi connectivity index (χ1v) is 8.58. The molecule has 0 bridgehead atoms. The minimum absolute atomic E-state index is 0.190. The maximum absolute atomic E-state index is 12.9. The van der Waals surface area contributed by atoms with Crippen LogP contribution < -0.4 is 4.74 Å². The van der Waals surface area contributed by atoms with Crippen molar-refractivity contribution >= 4 is 22.6 Å². The van der Waals surface area contributed by atoms with E-state index in [4.69, 9.17) is 9.47 Å². The van der Waals surface area contributed by atoms with E-state index in [9.17, 15) is 14.7 Å². The molecule has 3 unspecified atom stereocenters. The van der Waals surface area contributed by atoms with Crippen LogP contribution in [0.25, 0.3) is 10.8 Å². The molecule has 0 aromatic heterocycles. The summed E-state index contributed by atoms with van der Waals surface area (Å²) in [5.41, 5.74) is 0.859. The van der Waals surface area contributed by atoms with Crippen LogP contribution in [0.4, 0.5) is 0 Å². The molecule has 6 nitrogen and oxygen atoms in total. The van der Waals surface area contributed by atoms with Crippen molar-refractivity contribution in [3.8, 4) is 5.75 Å². The van der Waals surface area contributed by atoms with Gasteiger partial charge in [0.15, 0.2) is 0 Å². The monoisotopic (exact) mass is 357 g/mol. The number of carbonyl (C=O) groups excluding carboxylic acids is 1. The number of amides is 1. The predicted molar refractivity (Wildman–Crippen MR) is 97.5 cm³/mol. The van der Waals surface area contributed by atoms with E-state index in [0.29, 0.717) is 13.0 Å². The third-order valence-electron chi connectivity index (χ3n) is 5.11. The van der Waals surface area contributed by atoms with E-state index in [1.165, 1.54) is 4.90 Å². The molecular weight excluding hydrogens is 334 g/mol. The average Bonchev–Trinajstić information content (AvgIpc) is 3.10. The van der Waals surface area contributed by atoms with Crippen LogP contribution in [0.15, 0.2) is 36.4 Å². The number of hydrogen-bond donors (Lipinski definition) is 1. The number of methoxy groups -OCH3 is 2. The SMILES string of the molecule is COc1ccc2cc(C(C)C(=O)N3CC(OC)CC3C(=O)O)ccc2c1. The summed E-state index contributed by atoms with van der Waals surface area (Å²) < 4.78 is 10.5. The van der Waals surface area contributed by atoms with Crippen LogP contribution in [0.1, 0.15) is 24.8 Å². The Morgan fingerprint density at radius 3 is 2.50 bits per heavy atom. The van der Waals surface area contributed by atoms with Gasteiger partial charge in [-0.1, -0.05) is 24.3 Å².